The van der Waals surface area contributed by atoms with Crippen LogP contribution in [0, 0.1) is 5.92 Å². The zero-order chi connectivity index (χ0) is 10.7. The lowest BCUT2D eigenvalue weighted by molar-refractivity contribution is 0.205. The Balaban J connectivity index is 1.53. The number of nitrogens with zero attached hydrogens (tertiary/aromatic N) is 1. The highest BCUT2D eigenvalue weighted by Gasteiger charge is 2.24. The van der Waals surface area contributed by atoms with Crippen molar-refractivity contribution in [2.75, 3.05) is 26.7 Å². The molecule has 2 amide bonds. The molecule has 86 valence electrons. The molecule has 2 fully saturated rings. The van der Waals surface area contributed by atoms with Gasteiger partial charge >= 0.3 is 6.03 Å². The van der Waals surface area contributed by atoms with Gasteiger partial charge in [-0.15, -0.1) is 0 Å². The van der Waals surface area contributed by atoms with Crippen molar-refractivity contribution in [3.63, 3.8) is 0 Å². The molecule has 1 heterocycles. The number of urea groups is 1. The fourth-order valence-corrected chi connectivity index (χ4v) is 1.78. The summed E-state index contributed by atoms with van der Waals surface area (Å²) in [6.07, 6.45) is 4.69. The lowest BCUT2D eigenvalue weighted by atomic mass is 9.97. The second-order valence-corrected chi connectivity index (χ2v) is 4.81. The number of amides is 2. The highest BCUT2D eigenvalue weighted by atomic mass is 16.2. The smallest absolute Gasteiger partial charge is 0.317 e. The Bertz CT molecular complexity index is 224. The van der Waals surface area contributed by atoms with Gasteiger partial charge in [-0.3, -0.25) is 0 Å². The molecule has 0 aromatic carbocycles. The van der Waals surface area contributed by atoms with Crippen molar-refractivity contribution in [2.24, 2.45) is 5.92 Å². The fraction of sp³-hybridized carbons (Fsp3) is 0.909. The number of hydrogen-bond donors (Lipinski definition) is 2. The highest BCUT2D eigenvalue weighted by Crippen LogP contribution is 2.18. The molecule has 1 saturated carbocycles. The Morgan fingerprint density at radius 1 is 1.47 bits per heavy atom. The van der Waals surface area contributed by atoms with Crippen LogP contribution in [0.25, 0.3) is 0 Å². The first-order valence-corrected chi connectivity index (χ1v) is 5.98. The first kappa shape index (κ1) is 10.7. The van der Waals surface area contributed by atoms with Crippen LogP contribution in [0.2, 0.25) is 0 Å². The molecule has 2 rings (SSSR count). The molecule has 15 heavy (non-hydrogen) atoms. The number of carbonyl (C=O) groups is 1. The molecule has 4 heteroatoms. The standard InChI is InChI=1S/C11H21N3O/c1-14(11(15)13-10-4-5-10)6-2-3-9-7-12-8-9/h9-10,12H,2-8H2,1H3,(H,13,15). The van der Waals surface area contributed by atoms with E-state index in [0.29, 0.717) is 6.04 Å². The molecule has 1 aliphatic carbocycles. The average Bonchev–Trinajstić information content (AvgIpc) is 2.92. The Labute approximate surface area is 91.4 Å². The van der Waals surface area contributed by atoms with Crippen LogP contribution in [-0.2, 0) is 0 Å². The van der Waals surface area contributed by atoms with Crippen molar-refractivity contribution in [1.29, 1.82) is 0 Å². The maximum atomic E-state index is 11.6. The monoisotopic (exact) mass is 211 g/mol. The van der Waals surface area contributed by atoms with Crippen molar-refractivity contribution >= 4 is 6.03 Å². The third-order valence-corrected chi connectivity index (χ3v) is 3.22. The Morgan fingerprint density at radius 3 is 2.73 bits per heavy atom. The predicted octanol–water partition coefficient (Wildman–Crippen LogP) is 0.790. The van der Waals surface area contributed by atoms with Crippen LogP contribution in [0.4, 0.5) is 4.79 Å². The van der Waals surface area contributed by atoms with Gasteiger partial charge in [0, 0.05) is 19.6 Å². The number of rotatable bonds is 5. The van der Waals surface area contributed by atoms with Gasteiger partial charge in [0.2, 0.25) is 0 Å². The van der Waals surface area contributed by atoms with Gasteiger partial charge in [-0.2, -0.15) is 0 Å². The van der Waals surface area contributed by atoms with E-state index in [1.54, 1.807) is 0 Å². The average molecular weight is 211 g/mol. The zero-order valence-corrected chi connectivity index (χ0v) is 9.46. The summed E-state index contributed by atoms with van der Waals surface area (Å²) in [6, 6.07) is 0.569. The largest absolute Gasteiger partial charge is 0.335 e. The SMILES string of the molecule is CN(CCCC1CNC1)C(=O)NC1CC1. The van der Waals surface area contributed by atoms with E-state index in [9.17, 15) is 4.79 Å². The van der Waals surface area contributed by atoms with Crippen molar-refractivity contribution in [1.82, 2.24) is 15.5 Å². The van der Waals surface area contributed by atoms with E-state index in [1.165, 1.54) is 6.42 Å². The van der Waals surface area contributed by atoms with E-state index >= 15 is 0 Å². The van der Waals surface area contributed by atoms with E-state index < -0.39 is 0 Å². The van der Waals surface area contributed by atoms with Crippen molar-refractivity contribution in [2.45, 2.75) is 31.7 Å². The molecule has 0 spiro atoms. The molecule has 0 aromatic rings. The first-order chi connectivity index (χ1) is 7.25. The molecule has 0 radical (unpaired) electrons. The molecule has 2 aliphatic rings. The maximum absolute atomic E-state index is 11.6. The molecule has 1 saturated heterocycles. The van der Waals surface area contributed by atoms with Gasteiger partial charge in [-0.05, 0) is 44.7 Å². The maximum Gasteiger partial charge on any atom is 0.317 e. The molecular weight excluding hydrogens is 190 g/mol. The van der Waals surface area contributed by atoms with Crippen LogP contribution in [0.1, 0.15) is 25.7 Å². The van der Waals surface area contributed by atoms with Gasteiger partial charge in [0.1, 0.15) is 0 Å². The third kappa shape index (κ3) is 3.38. The highest BCUT2D eigenvalue weighted by molar-refractivity contribution is 5.74. The van der Waals surface area contributed by atoms with Crippen LogP contribution in [0.3, 0.4) is 0 Å². The summed E-state index contributed by atoms with van der Waals surface area (Å²) in [6.45, 7) is 3.21. The van der Waals surface area contributed by atoms with Crippen molar-refractivity contribution < 1.29 is 4.79 Å². The fourth-order valence-electron chi connectivity index (χ4n) is 1.78. The van der Waals surface area contributed by atoms with E-state index in [1.807, 2.05) is 11.9 Å². The first-order valence-electron chi connectivity index (χ1n) is 5.98. The minimum atomic E-state index is 0.101. The second-order valence-electron chi connectivity index (χ2n) is 4.81. The zero-order valence-electron chi connectivity index (χ0n) is 9.46. The lowest BCUT2D eigenvalue weighted by Crippen LogP contribution is -2.43. The quantitative estimate of drug-likeness (QED) is 0.706. The molecule has 1 aliphatic heterocycles. The molecule has 2 N–H and O–H groups in total. The van der Waals surface area contributed by atoms with Gasteiger partial charge < -0.3 is 15.5 Å². The second kappa shape index (κ2) is 4.84. The molecule has 0 aromatic heterocycles. The van der Waals surface area contributed by atoms with Crippen LogP contribution >= 0.6 is 0 Å². The predicted molar refractivity (Wildman–Crippen MR) is 59.8 cm³/mol. The number of hydrogen-bond acceptors (Lipinski definition) is 2. The summed E-state index contributed by atoms with van der Waals surface area (Å²) in [5.74, 6) is 0.852. The summed E-state index contributed by atoms with van der Waals surface area (Å²) in [7, 11) is 1.89. The summed E-state index contributed by atoms with van der Waals surface area (Å²) in [5.41, 5.74) is 0. The topological polar surface area (TPSA) is 44.4 Å². The van der Waals surface area contributed by atoms with E-state index in [0.717, 1.165) is 44.8 Å². The molecular formula is C11H21N3O. The normalized spacial score (nSPS) is 20.9. The van der Waals surface area contributed by atoms with Gasteiger partial charge in [-0.1, -0.05) is 0 Å². The van der Waals surface area contributed by atoms with E-state index in [4.69, 9.17) is 0 Å². The van der Waals surface area contributed by atoms with Crippen molar-refractivity contribution in [3.8, 4) is 0 Å². The number of nitrogens with one attached hydrogen (secondary N) is 2. The van der Waals surface area contributed by atoms with Gasteiger partial charge in [0.05, 0.1) is 0 Å². The van der Waals surface area contributed by atoms with E-state index in [-0.39, 0.29) is 6.03 Å². The Morgan fingerprint density at radius 2 is 2.20 bits per heavy atom. The summed E-state index contributed by atoms with van der Waals surface area (Å²) < 4.78 is 0. The number of carbonyl (C=O) groups excluding carboxylic acids is 1. The van der Waals surface area contributed by atoms with Crippen LogP contribution in [0.5, 0.6) is 0 Å². The van der Waals surface area contributed by atoms with Gasteiger partial charge in [0.25, 0.3) is 0 Å². The minimum Gasteiger partial charge on any atom is -0.335 e. The van der Waals surface area contributed by atoms with Crippen LogP contribution in [0.15, 0.2) is 0 Å². The summed E-state index contributed by atoms with van der Waals surface area (Å²) in [5, 5.41) is 6.26. The minimum absolute atomic E-state index is 0.101. The summed E-state index contributed by atoms with van der Waals surface area (Å²) in [4.78, 5) is 13.4. The van der Waals surface area contributed by atoms with Crippen LogP contribution < -0.4 is 10.6 Å². The lowest BCUT2D eigenvalue weighted by Gasteiger charge is -2.27. The van der Waals surface area contributed by atoms with Gasteiger partial charge in [-0.25, -0.2) is 4.79 Å². The van der Waals surface area contributed by atoms with E-state index in [2.05, 4.69) is 10.6 Å². The van der Waals surface area contributed by atoms with Crippen molar-refractivity contribution in [3.05, 3.63) is 0 Å². The Hall–Kier alpha value is -0.770. The van der Waals surface area contributed by atoms with Gasteiger partial charge in [0.15, 0.2) is 0 Å². The molecule has 0 unspecified atom stereocenters. The molecule has 0 atom stereocenters. The Kier molecular flexibility index (Phi) is 3.46. The molecule has 0 bridgehead atoms. The summed E-state index contributed by atoms with van der Waals surface area (Å²) >= 11 is 0. The third-order valence-electron chi connectivity index (χ3n) is 3.22. The molecule has 4 nitrogen and oxygen atoms in total. The van der Waals surface area contributed by atoms with Crippen LogP contribution in [-0.4, -0.2) is 43.7 Å².